The summed E-state index contributed by atoms with van der Waals surface area (Å²) in [5.74, 6) is -2.11. The predicted octanol–water partition coefficient (Wildman–Crippen LogP) is -2.20. The van der Waals surface area contributed by atoms with Crippen molar-refractivity contribution in [1.82, 2.24) is 0 Å². The Morgan fingerprint density at radius 1 is 1.30 bits per heavy atom. The van der Waals surface area contributed by atoms with Crippen LogP contribution in [0.15, 0.2) is 0 Å². The molecule has 1 N–H and O–H groups in total. The topological polar surface area (TPSA) is 54.4 Å². The quantitative estimate of drug-likeness (QED) is 0.330. The first kappa shape index (κ1) is 12.4. The van der Waals surface area contributed by atoms with E-state index in [4.69, 9.17) is 5.11 Å². The minimum atomic E-state index is -1.36. The van der Waals surface area contributed by atoms with Crippen LogP contribution in [0.4, 0.5) is 0 Å². The van der Waals surface area contributed by atoms with Gasteiger partial charge in [-0.1, -0.05) is 20.8 Å². The van der Waals surface area contributed by atoms with E-state index in [2.05, 4.69) is 0 Å². The Bertz CT molecular complexity index is 150. The van der Waals surface area contributed by atoms with E-state index in [-0.39, 0.29) is 20.3 Å². The van der Waals surface area contributed by atoms with Crippen LogP contribution in [-0.4, -0.2) is 16.9 Å². The molecule has 0 aromatic carbocycles. The molecule has 0 amide bonds. The number of rotatable bonds is 1. The summed E-state index contributed by atoms with van der Waals surface area (Å²) in [5.41, 5.74) is -0.758. The molecule has 0 unspecified atom stereocenters. The van der Waals surface area contributed by atoms with Crippen molar-refractivity contribution in [2.75, 3.05) is 0 Å². The van der Waals surface area contributed by atoms with Crippen molar-refractivity contribution in [3.05, 3.63) is 0 Å². The molecule has 4 heteroatoms. The molecule has 54 valence electrons. The molecule has 0 spiro atoms. The third kappa shape index (κ3) is 3.70. The summed E-state index contributed by atoms with van der Waals surface area (Å²) in [6, 6.07) is 0. The minimum absolute atomic E-state index is 0. The van der Waals surface area contributed by atoms with Crippen LogP contribution in [0.1, 0.15) is 22.2 Å². The first-order valence-corrected chi connectivity index (χ1v) is 2.63. The Balaban J connectivity index is -0.000000320. The molecular formula is C6H11LiO3. The molecule has 10 heavy (non-hydrogen) atoms. The molecule has 0 radical (unpaired) electrons. The van der Waals surface area contributed by atoms with E-state index in [1.807, 2.05) is 0 Å². The normalized spacial score (nSPS) is 9.90. The second-order valence-corrected chi connectivity index (χ2v) is 2.88. The average Bonchev–Trinajstić information content (AvgIpc) is 1.62. The fourth-order valence-electron chi connectivity index (χ4n) is 0.321. The Morgan fingerprint density at radius 2 is 1.60 bits per heavy atom. The van der Waals surface area contributed by atoms with Crippen LogP contribution in [0.3, 0.4) is 0 Å². The summed E-state index contributed by atoms with van der Waals surface area (Å²) in [7, 11) is 0. The zero-order valence-corrected chi connectivity index (χ0v) is 6.76. The number of carbonyl (C=O) groups excluding carboxylic acids is 1. The number of carboxylic acids is 1. The fourth-order valence-corrected chi connectivity index (χ4v) is 0.321. The van der Waals surface area contributed by atoms with Crippen LogP contribution in [0, 0.1) is 5.41 Å². The van der Waals surface area contributed by atoms with Crippen LogP contribution in [-0.2, 0) is 9.59 Å². The first-order chi connectivity index (χ1) is 3.85. The number of carboxylic acid groups (broad SMARTS) is 1. The molecule has 0 saturated heterocycles. The van der Waals surface area contributed by atoms with E-state index < -0.39 is 17.2 Å². The van der Waals surface area contributed by atoms with E-state index in [0.29, 0.717) is 0 Å². The van der Waals surface area contributed by atoms with Crippen LogP contribution in [0.2, 0.25) is 0 Å². The van der Waals surface area contributed by atoms with E-state index >= 15 is 0 Å². The number of hydrogen-bond donors (Lipinski definition) is 1. The van der Waals surface area contributed by atoms with Crippen LogP contribution in [0.25, 0.3) is 0 Å². The molecule has 0 aliphatic heterocycles. The first-order valence-electron chi connectivity index (χ1n) is 2.63. The largest absolute Gasteiger partial charge is 1.00 e. The van der Waals surface area contributed by atoms with Crippen molar-refractivity contribution in [3.63, 3.8) is 0 Å². The van der Waals surface area contributed by atoms with E-state index in [9.17, 15) is 9.59 Å². The zero-order valence-electron chi connectivity index (χ0n) is 7.76. The summed E-state index contributed by atoms with van der Waals surface area (Å²) >= 11 is 0. The number of ketones is 1. The minimum Gasteiger partial charge on any atom is -1.00 e. The molecule has 0 heterocycles. The molecule has 0 bridgehead atoms. The third-order valence-electron chi connectivity index (χ3n) is 0.875. The van der Waals surface area contributed by atoms with Gasteiger partial charge in [-0.05, 0) is 0 Å². The van der Waals surface area contributed by atoms with Crippen molar-refractivity contribution in [3.8, 4) is 0 Å². The van der Waals surface area contributed by atoms with E-state index in [0.717, 1.165) is 0 Å². The molecular weight excluding hydrogens is 127 g/mol. The van der Waals surface area contributed by atoms with Gasteiger partial charge in [0.1, 0.15) is 0 Å². The van der Waals surface area contributed by atoms with Crippen molar-refractivity contribution in [2.24, 2.45) is 5.41 Å². The number of carbonyl (C=O) groups is 2. The van der Waals surface area contributed by atoms with Gasteiger partial charge >= 0.3 is 24.8 Å². The van der Waals surface area contributed by atoms with Crippen molar-refractivity contribution in [2.45, 2.75) is 20.8 Å². The summed E-state index contributed by atoms with van der Waals surface area (Å²) in [4.78, 5) is 20.6. The van der Waals surface area contributed by atoms with E-state index in [1.165, 1.54) is 0 Å². The molecule has 0 aliphatic carbocycles. The monoisotopic (exact) mass is 138 g/mol. The molecule has 0 rings (SSSR count). The Labute approximate surface area is 73.5 Å². The van der Waals surface area contributed by atoms with Gasteiger partial charge in [0.05, 0.1) is 0 Å². The predicted molar refractivity (Wildman–Crippen MR) is 33.2 cm³/mol. The average molecular weight is 138 g/mol. The smallest absolute Gasteiger partial charge is 1.00 e. The molecule has 3 nitrogen and oxygen atoms in total. The zero-order chi connectivity index (χ0) is 7.65. The molecule has 0 aromatic heterocycles. The van der Waals surface area contributed by atoms with Gasteiger partial charge in [0.25, 0.3) is 0 Å². The number of aliphatic carboxylic acids is 1. The Hall–Kier alpha value is -0.263. The number of hydrogen-bond acceptors (Lipinski definition) is 2. The molecule has 0 saturated carbocycles. The van der Waals surface area contributed by atoms with Crippen molar-refractivity contribution in [1.29, 1.82) is 0 Å². The van der Waals surface area contributed by atoms with Gasteiger partial charge in [0, 0.05) is 5.41 Å². The summed E-state index contributed by atoms with van der Waals surface area (Å²) in [5, 5.41) is 8.17. The summed E-state index contributed by atoms with van der Waals surface area (Å²) < 4.78 is 0. The Kier molecular flexibility index (Phi) is 4.71. The van der Waals surface area contributed by atoms with Crippen LogP contribution >= 0.6 is 0 Å². The van der Waals surface area contributed by atoms with Crippen molar-refractivity contribution < 1.29 is 35.0 Å². The van der Waals surface area contributed by atoms with Gasteiger partial charge in [-0.15, -0.1) is 0 Å². The summed E-state index contributed by atoms with van der Waals surface area (Å²) in [6.45, 7) is 4.72. The second-order valence-electron chi connectivity index (χ2n) is 2.88. The van der Waals surface area contributed by atoms with Gasteiger partial charge in [-0.25, -0.2) is 4.79 Å². The molecule has 0 fully saturated rings. The van der Waals surface area contributed by atoms with Gasteiger partial charge in [0.2, 0.25) is 5.78 Å². The maximum absolute atomic E-state index is 10.6. The van der Waals surface area contributed by atoms with Gasteiger partial charge in [-0.2, -0.15) is 0 Å². The molecule has 0 aliphatic rings. The second kappa shape index (κ2) is 3.80. The van der Waals surface area contributed by atoms with Crippen LogP contribution < -0.4 is 18.9 Å². The molecule has 0 aromatic rings. The van der Waals surface area contributed by atoms with Gasteiger partial charge in [-0.3, -0.25) is 4.79 Å². The third-order valence-corrected chi connectivity index (χ3v) is 0.875. The van der Waals surface area contributed by atoms with Crippen molar-refractivity contribution >= 4 is 11.8 Å². The standard InChI is InChI=1S/C6H10O3.Li.H/c1-6(2,3)4(7)5(8)9;;/h1-3H3,(H,8,9);;/q;+1;-1. The fraction of sp³-hybridized carbons (Fsp3) is 0.667. The van der Waals surface area contributed by atoms with Crippen LogP contribution in [0.5, 0.6) is 0 Å². The molecule has 0 atom stereocenters. The maximum Gasteiger partial charge on any atom is 1.00 e. The van der Waals surface area contributed by atoms with E-state index in [1.54, 1.807) is 20.8 Å². The summed E-state index contributed by atoms with van der Waals surface area (Å²) in [6.07, 6.45) is 0. The maximum atomic E-state index is 10.6. The van der Waals surface area contributed by atoms with Gasteiger partial charge in [0.15, 0.2) is 0 Å². The van der Waals surface area contributed by atoms with Gasteiger partial charge < -0.3 is 6.53 Å². The Morgan fingerprint density at radius 3 is 1.60 bits per heavy atom. The number of Topliss-reactive ketones (excluding diaryl/α,β-unsaturated/α-hetero) is 1. The SMILES string of the molecule is CC(C)(C)C(=O)C(=O)O.[H-].[Li+].